The van der Waals surface area contributed by atoms with Crippen LogP contribution in [0.1, 0.15) is 13.8 Å². The van der Waals surface area contributed by atoms with Gasteiger partial charge in [0.15, 0.2) is 0 Å². The number of nitrogens with two attached hydrogens (primary N) is 1. The fourth-order valence-corrected chi connectivity index (χ4v) is 1.31. The number of hydrogen-bond donors (Lipinski definition) is 6. The normalized spacial score (nSPS) is 13.1. The van der Waals surface area contributed by atoms with Crippen LogP contribution in [0.25, 0.3) is 0 Å². The van der Waals surface area contributed by atoms with Crippen molar-refractivity contribution in [3.8, 4) is 0 Å². The average Bonchev–Trinajstić information content (AvgIpc) is 2.46. The lowest BCUT2D eigenvalue weighted by molar-refractivity contribution is -0.138. The van der Waals surface area contributed by atoms with Crippen LogP contribution in [0.5, 0.6) is 0 Å². The predicted molar refractivity (Wildman–Crippen MR) is 75.5 cm³/mol. The summed E-state index contributed by atoms with van der Waals surface area (Å²) < 4.78 is 0. The fourth-order valence-electron chi connectivity index (χ4n) is 1.31. The van der Waals surface area contributed by atoms with Crippen molar-refractivity contribution in [2.45, 2.75) is 25.9 Å². The highest BCUT2D eigenvalue weighted by atomic mass is 16.4. The monoisotopic (exact) mass is 318 g/mol. The third-order valence-corrected chi connectivity index (χ3v) is 2.69. The summed E-state index contributed by atoms with van der Waals surface area (Å²) in [5.41, 5.74) is 5.59. The number of rotatable bonds is 9. The Kier molecular flexibility index (Phi) is 8.72. The Morgan fingerprint density at radius 3 is 2.05 bits per heavy atom. The maximum absolute atomic E-state index is 11.6. The van der Waals surface area contributed by atoms with E-state index in [1.165, 1.54) is 0 Å². The summed E-state index contributed by atoms with van der Waals surface area (Å²) >= 11 is 0. The lowest BCUT2D eigenvalue weighted by Gasteiger charge is -2.17. The van der Waals surface area contributed by atoms with Gasteiger partial charge < -0.3 is 31.9 Å². The summed E-state index contributed by atoms with van der Waals surface area (Å²) in [6.45, 7) is 1.74. The van der Waals surface area contributed by atoms with Crippen molar-refractivity contribution in [3.63, 3.8) is 0 Å². The standard InChI is InChI=1S/C12H22N4O6/c1-6(2)10(13)12(22)14-3-8(18)16-7(5-17)11(21)15-4-9(19)20/h6-7,10,17H,3-5,13H2,1-2H3,(H,14,22)(H,15,21)(H,16,18)(H,19,20). The summed E-state index contributed by atoms with van der Waals surface area (Å²) in [7, 11) is 0. The highest BCUT2D eigenvalue weighted by Gasteiger charge is 2.22. The summed E-state index contributed by atoms with van der Waals surface area (Å²) in [6, 6.07) is -2.07. The lowest BCUT2D eigenvalue weighted by Crippen LogP contribution is -2.53. The van der Waals surface area contributed by atoms with Crippen molar-refractivity contribution in [1.29, 1.82) is 0 Å². The second-order valence-electron chi connectivity index (χ2n) is 4.90. The topological polar surface area (TPSA) is 171 Å². The Hall–Kier alpha value is -2.20. The molecule has 10 heteroatoms. The minimum atomic E-state index is -1.30. The van der Waals surface area contributed by atoms with Gasteiger partial charge in [-0.1, -0.05) is 13.8 Å². The van der Waals surface area contributed by atoms with Gasteiger partial charge in [-0.05, 0) is 5.92 Å². The Labute approximate surface area is 127 Å². The van der Waals surface area contributed by atoms with Gasteiger partial charge in [-0.3, -0.25) is 19.2 Å². The number of carbonyl (C=O) groups excluding carboxylic acids is 3. The fraction of sp³-hybridized carbons (Fsp3) is 0.667. The van der Waals surface area contributed by atoms with E-state index in [2.05, 4.69) is 10.6 Å². The van der Waals surface area contributed by atoms with Crippen LogP contribution in [0.3, 0.4) is 0 Å². The number of amides is 3. The molecule has 0 rings (SSSR count). The first-order valence-electron chi connectivity index (χ1n) is 6.62. The molecule has 3 amide bonds. The van der Waals surface area contributed by atoms with E-state index in [0.717, 1.165) is 0 Å². The summed E-state index contributed by atoms with van der Waals surface area (Å²) in [5, 5.41) is 23.9. The summed E-state index contributed by atoms with van der Waals surface area (Å²) in [4.78, 5) is 44.9. The van der Waals surface area contributed by atoms with Gasteiger partial charge in [0.25, 0.3) is 0 Å². The highest BCUT2D eigenvalue weighted by Crippen LogP contribution is 1.97. The van der Waals surface area contributed by atoms with Crippen LogP contribution in [0, 0.1) is 5.92 Å². The van der Waals surface area contributed by atoms with Gasteiger partial charge in [-0.2, -0.15) is 0 Å². The van der Waals surface area contributed by atoms with E-state index >= 15 is 0 Å². The largest absolute Gasteiger partial charge is 0.480 e. The van der Waals surface area contributed by atoms with Crippen LogP contribution in [0.2, 0.25) is 0 Å². The molecular formula is C12H22N4O6. The van der Waals surface area contributed by atoms with Crippen LogP contribution in [0.15, 0.2) is 0 Å². The minimum Gasteiger partial charge on any atom is -0.480 e. The van der Waals surface area contributed by atoms with E-state index < -0.39 is 55.5 Å². The summed E-state index contributed by atoms with van der Waals surface area (Å²) in [6.07, 6.45) is 0. The number of aliphatic hydroxyl groups is 1. The Morgan fingerprint density at radius 1 is 1.05 bits per heavy atom. The average molecular weight is 318 g/mol. The third-order valence-electron chi connectivity index (χ3n) is 2.69. The SMILES string of the molecule is CC(C)C(N)C(=O)NCC(=O)NC(CO)C(=O)NCC(=O)O. The zero-order valence-electron chi connectivity index (χ0n) is 12.5. The van der Waals surface area contributed by atoms with Crippen LogP contribution in [0.4, 0.5) is 0 Å². The van der Waals surface area contributed by atoms with Crippen LogP contribution in [-0.4, -0.2) is 65.7 Å². The molecule has 0 aliphatic carbocycles. The zero-order chi connectivity index (χ0) is 17.3. The Morgan fingerprint density at radius 2 is 1.59 bits per heavy atom. The van der Waals surface area contributed by atoms with Crippen LogP contribution in [-0.2, 0) is 19.2 Å². The van der Waals surface area contributed by atoms with E-state index in [9.17, 15) is 19.2 Å². The Balaban J connectivity index is 4.29. The van der Waals surface area contributed by atoms with E-state index in [-0.39, 0.29) is 5.92 Å². The van der Waals surface area contributed by atoms with Crippen LogP contribution >= 0.6 is 0 Å². The van der Waals surface area contributed by atoms with Gasteiger partial charge >= 0.3 is 5.97 Å². The maximum Gasteiger partial charge on any atom is 0.322 e. The molecule has 0 fully saturated rings. The molecule has 0 spiro atoms. The quantitative estimate of drug-likeness (QED) is 0.259. The smallest absolute Gasteiger partial charge is 0.322 e. The molecule has 0 heterocycles. The number of nitrogens with one attached hydrogen (secondary N) is 3. The molecule has 7 N–H and O–H groups in total. The van der Waals surface area contributed by atoms with E-state index in [4.69, 9.17) is 15.9 Å². The predicted octanol–water partition coefficient (Wildman–Crippen LogP) is -3.24. The van der Waals surface area contributed by atoms with E-state index in [0.29, 0.717) is 0 Å². The van der Waals surface area contributed by atoms with Crippen LogP contribution < -0.4 is 21.7 Å². The number of carboxylic acid groups (broad SMARTS) is 1. The molecule has 10 nitrogen and oxygen atoms in total. The number of carboxylic acids is 1. The molecule has 2 atom stereocenters. The molecule has 0 saturated heterocycles. The lowest BCUT2D eigenvalue weighted by atomic mass is 10.1. The second-order valence-corrected chi connectivity index (χ2v) is 4.90. The first-order chi connectivity index (χ1) is 10.2. The van der Waals surface area contributed by atoms with Crippen molar-refractivity contribution in [2.75, 3.05) is 19.7 Å². The molecule has 0 aliphatic rings. The molecule has 126 valence electrons. The van der Waals surface area contributed by atoms with Gasteiger partial charge in [0.05, 0.1) is 19.2 Å². The van der Waals surface area contributed by atoms with E-state index in [1.807, 2.05) is 5.32 Å². The van der Waals surface area contributed by atoms with E-state index in [1.54, 1.807) is 13.8 Å². The molecule has 22 heavy (non-hydrogen) atoms. The zero-order valence-corrected chi connectivity index (χ0v) is 12.5. The van der Waals surface area contributed by atoms with Gasteiger partial charge in [0, 0.05) is 0 Å². The molecule has 0 bridgehead atoms. The first-order valence-corrected chi connectivity index (χ1v) is 6.62. The molecule has 0 aromatic heterocycles. The molecule has 0 aromatic rings. The number of hydrogen-bond acceptors (Lipinski definition) is 6. The van der Waals surface area contributed by atoms with Gasteiger partial charge in [-0.25, -0.2) is 0 Å². The molecular weight excluding hydrogens is 296 g/mol. The second kappa shape index (κ2) is 9.68. The van der Waals surface area contributed by atoms with Crippen molar-refractivity contribution in [1.82, 2.24) is 16.0 Å². The molecule has 0 radical (unpaired) electrons. The van der Waals surface area contributed by atoms with Crippen molar-refractivity contribution in [2.24, 2.45) is 11.7 Å². The minimum absolute atomic E-state index is 0.102. The number of carbonyl (C=O) groups is 4. The third kappa shape index (κ3) is 7.55. The molecule has 0 aliphatic heterocycles. The Bertz CT molecular complexity index is 426. The summed E-state index contributed by atoms with van der Waals surface area (Å²) in [5.74, 6) is -3.43. The molecule has 2 unspecified atom stereocenters. The number of aliphatic carboxylic acids is 1. The molecule has 0 saturated carbocycles. The van der Waals surface area contributed by atoms with Crippen molar-refractivity contribution in [3.05, 3.63) is 0 Å². The number of aliphatic hydroxyl groups excluding tert-OH is 1. The van der Waals surface area contributed by atoms with Gasteiger partial charge in [0.2, 0.25) is 17.7 Å². The van der Waals surface area contributed by atoms with Gasteiger partial charge in [0.1, 0.15) is 12.6 Å². The van der Waals surface area contributed by atoms with Crippen molar-refractivity contribution < 1.29 is 29.4 Å². The maximum atomic E-state index is 11.6. The molecule has 0 aromatic carbocycles. The first kappa shape index (κ1) is 19.8. The van der Waals surface area contributed by atoms with Gasteiger partial charge in [-0.15, -0.1) is 0 Å². The van der Waals surface area contributed by atoms with Crippen molar-refractivity contribution >= 4 is 23.7 Å². The highest BCUT2D eigenvalue weighted by molar-refractivity contribution is 5.92.